The number of pyridine rings is 1. The van der Waals surface area contributed by atoms with Gasteiger partial charge in [0.1, 0.15) is 11.6 Å². The number of benzene rings is 4. The van der Waals surface area contributed by atoms with Crippen molar-refractivity contribution in [3.05, 3.63) is 170 Å². The van der Waals surface area contributed by atoms with Gasteiger partial charge in [-0.05, 0) is 157 Å². The molecule has 1 aromatic heterocycles. The standard InChI is InChI=1S/C39H45N2.C29H36N4O6/c1-36(2,3)40-30-24-22-26-16-11-13-18-28(26)34(30)38(7,8)32(40)20-15-21-33-39(9,10)35-29-19-14-12-17-27(29)23-25-31(35)41(33)37(4,5)6;1-18(2)38-15-9-13-32-26(34)22(20(5)24(17-30)28(32)36)11-8-12-23-21(6)25(31-7)29(37)33(27(23)35)14-10-16-39-19(3)4/h11-25H,1-10H3;8,11-12,18-19,37H,9-10,13-16H2,1-6H3/q+1;/p-1. The van der Waals surface area contributed by atoms with Crippen LogP contribution in [0.2, 0.25) is 0 Å². The predicted molar refractivity (Wildman–Crippen MR) is 323 cm³/mol. The summed E-state index contributed by atoms with van der Waals surface area (Å²) in [4.78, 5) is 46.0. The highest BCUT2D eigenvalue weighted by molar-refractivity contribution is 6.18. The molecule has 3 aliphatic heterocycles. The highest BCUT2D eigenvalue weighted by Crippen LogP contribution is 2.53. The molecule has 0 aliphatic carbocycles. The van der Waals surface area contributed by atoms with Crippen LogP contribution in [-0.4, -0.2) is 74.6 Å². The molecule has 4 heterocycles. The van der Waals surface area contributed by atoms with Crippen LogP contribution in [0, 0.1) is 24.8 Å². The van der Waals surface area contributed by atoms with Gasteiger partial charge in [0.05, 0.1) is 24.2 Å². The number of rotatable bonds is 14. The number of amides is 2. The summed E-state index contributed by atoms with van der Waals surface area (Å²) in [5, 5.41) is 27.6. The predicted octanol–water partition coefficient (Wildman–Crippen LogP) is 13.8. The molecule has 5 aromatic rings. The number of nitriles is 1. The summed E-state index contributed by atoms with van der Waals surface area (Å²) in [6, 6.07) is 28.8. The molecule has 12 nitrogen and oxygen atoms in total. The zero-order chi connectivity index (χ0) is 58.8. The third-order valence-corrected chi connectivity index (χ3v) is 15.3. The highest BCUT2D eigenvalue weighted by Gasteiger charge is 2.50. The summed E-state index contributed by atoms with van der Waals surface area (Å²) in [6.07, 6.45) is 12.2. The molecule has 8 rings (SSSR count). The Bertz CT molecular complexity index is 3610. The second kappa shape index (κ2) is 23.6. The Hall–Kier alpha value is -7.64. The Morgan fingerprint density at radius 3 is 1.88 bits per heavy atom. The van der Waals surface area contributed by atoms with Gasteiger partial charge >= 0.3 is 0 Å². The van der Waals surface area contributed by atoms with Crippen molar-refractivity contribution in [3.8, 4) is 11.9 Å². The molecular weight excluding hydrogens is 997 g/mol. The molecule has 418 valence electrons. The zero-order valence-electron chi connectivity index (χ0n) is 49.9. The zero-order valence-corrected chi connectivity index (χ0v) is 49.9. The minimum Gasteiger partial charge on any atom is -0.869 e. The summed E-state index contributed by atoms with van der Waals surface area (Å²) in [6.45, 7) is 42.4. The van der Waals surface area contributed by atoms with Gasteiger partial charge in [-0.1, -0.05) is 86.7 Å². The molecule has 2 amide bonds. The molecule has 0 radical (unpaired) electrons. The van der Waals surface area contributed by atoms with Gasteiger partial charge in [-0.25, -0.2) is 4.85 Å². The minimum absolute atomic E-state index is 0.00984. The van der Waals surface area contributed by atoms with Crippen molar-refractivity contribution in [1.29, 1.82) is 5.26 Å². The van der Waals surface area contributed by atoms with Crippen molar-refractivity contribution in [2.75, 3.05) is 24.7 Å². The third kappa shape index (κ3) is 11.7. The van der Waals surface area contributed by atoms with Crippen LogP contribution < -0.4 is 15.6 Å². The van der Waals surface area contributed by atoms with Gasteiger partial charge in [0, 0.05) is 98.3 Å². The summed E-state index contributed by atoms with van der Waals surface area (Å²) >= 11 is 0. The molecule has 0 N–H and O–H groups in total. The SMILES string of the molecule is CC1(C)C(=CC=CC2=[N+](C(C)(C)C)c3ccc4ccccc4c3C2(C)C)N(C(C)(C)C)c2ccc3ccccc3c21.[C-]#[N+]c1c(C)c(C=CC=C2C(=O)N(CCCOC(C)C)C(=O)C(C#N)=C2C)c(=O)n(CCCOC(C)C)c1[O-]. The number of imide groups is 1. The van der Waals surface area contributed by atoms with Gasteiger partial charge in [0.15, 0.2) is 16.9 Å². The van der Waals surface area contributed by atoms with Gasteiger partial charge < -0.3 is 24.0 Å². The fraction of sp³-hybridized carbons (Fsp3) is 0.412. The van der Waals surface area contributed by atoms with Crippen molar-refractivity contribution in [1.82, 2.24) is 9.47 Å². The first-order chi connectivity index (χ1) is 37.6. The molecule has 3 aliphatic rings. The Balaban J connectivity index is 0.000000232. The van der Waals surface area contributed by atoms with Crippen LogP contribution in [0.4, 0.5) is 17.1 Å². The van der Waals surface area contributed by atoms with E-state index in [9.17, 15) is 24.8 Å². The van der Waals surface area contributed by atoms with Crippen LogP contribution in [0.3, 0.4) is 0 Å². The maximum Gasteiger partial charge on any atom is 0.271 e. The molecule has 80 heavy (non-hydrogen) atoms. The average Bonchev–Trinajstić information content (AvgIpc) is 4.05. The van der Waals surface area contributed by atoms with E-state index < -0.39 is 23.3 Å². The number of hydrogen-bond donors (Lipinski definition) is 0. The third-order valence-electron chi connectivity index (χ3n) is 15.3. The van der Waals surface area contributed by atoms with Crippen LogP contribution in [0.15, 0.2) is 130 Å². The number of carbonyl (C=O) groups excluding carboxylic acids is 2. The number of fused-ring (bicyclic) bond motifs is 6. The molecule has 0 bridgehead atoms. The second-order valence-electron chi connectivity index (χ2n) is 24.5. The van der Waals surface area contributed by atoms with Crippen molar-refractivity contribution < 1.29 is 28.7 Å². The van der Waals surface area contributed by atoms with E-state index in [-0.39, 0.29) is 80.7 Å². The van der Waals surface area contributed by atoms with E-state index in [4.69, 9.17) is 16.0 Å². The summed E-state index contributed by atoms with van der Waals surface area (Å²) in [5.74, 6) is -1.86. The van der Waals surface area contributed by atoms with Gasteiger partial charge in [-0.2, -0.15) is 9.84 Å². The molecular formula is C68H80N6O6. The Labute approximate surface area is 474 Å². The lowest BCUT2D eigenvalue weighted by Gasteiger charge is -2.38. The van der Waals surface area contributed by atoms with Crippen molar-refractivity contribution in [3.63, 3.8) is 0 Å². The lowest BCUT2D eigenvalue weighted by atomic mass is 9.78. The lowest BCUT2D eigenvalue weighted by molar-refractivity contribution is -0.517. The van der Waals surface area contributed by atoms with Crippen LogP contribution in [0.25, 0.3) is 32.5 Å². The number of hydrogen-bond acceptors (Lipinski definition) is 8. The van der Waals surface area contributed by atoms with Gasteiger partial charge in [0.25, 0.3) is 17.4 Å². The van der Waals surface area contributed by atoms with Crippen LogP contribution in [-0.2, 0) is 36.4 Å². The first-order valence-electron chi connectivity index (χ1n) is 27.9. The first kappa shape index (κ1) is 60.0. The fourth-order valence-electron chi connectivity index (χ4n) is 11.6. The monoisotopic (exact) mass is 1080 g/mol. The maximum atomic E-state index is 13.2. The lowest BCUT2D eigenvalue weighted by Crippen LogP contribution is -2.43. The number of nitrogens with zero attached hydrogens (tertiary/aromatic N) is 6. The van der Waals surface area contributed by atoms with Gasteiger partial charge in [-0.15, -0.1) is 0 Å². The molecule has 0 fully saturated rings. The van der Waals surface area contributed by atoms with E-state index in [1.165, 1.54) is 87.5 Å². The van der Waals surface area contributed by atoms with E-state index >= 15 is 0 Å². The fourth-order valence-corrected chi connectivity index (χ4v) is 11.6. The quantitative estimate of drug-likeness (QED) is 0.0353. The first-order valence-corrected chi connectivity index (χ1v) is 27.9. The van der Waals surface area contributed by atoms with Crippen molar-refractivity contribution >= 4 is 62.2 Å². The molecule has 0 unspecified atom stereocenters. The largest absolute Gasteiger partial charge is 0.869 e. The van der Waals surface area contributed by atoms with E-state index in [2.05, 4.69) is 175 Å². The van der Waals surface area contributed by atoms with Crippen LogP contribution >= 0.6 is 0 Å². The number of ether oxygens (including phenoxy) is 2. The van der Waals surface area contributed by atoms with Gasteiger partial charge in [0.2, 0.25) is 5.69 Å². The molecule has 12 heteroatoms. The number of carbonyl (C=O) groups is 2. The van der Waals surface area contributed by atoms with Crippen molar-refractivity contribution in [2.24, 2.45) is 0 Å². The van der Waals surface area contributed by atoms with Gasteiger partial charge in [-0.3, -0.25) is 19.3 Å². The topological polar surface area (TPSA) is 135 Å². The smallest absolute Gasteiger partial charge is 0.271 e. The molecule has 0 saturated carbocycles. The molecule has 0 spiro atoms. The van der Waals surface area contributed by atoms with Crippen molar-refractivity contribution in [2.45, 2.75) is 164 Å². The maximum absolute atomic E-state index is 13.2. The number of aromatic nitrogens is 1. The summed E-state index contributed by atoms with van der Waals surface area (Å²) < 4.78 is 14.6. The van der Waals surface area contributed by atoms with Crippen LogP contribution in [0.1, 0.15) is 139 Å². The summed E-state index contributed by atoms with van der Waals surface area (Å²) in [5.41, 5.74) is 7.73. The Morgan fingerprint density at radius 2 is 1.31 bits per heavy atom. The van der Waals surface area contributed by atoms with E-state index in [0.29, 0.717) is 26.1 Å². The Kier molecular flexibility index (Phi) is 17.7. The summed E-state index contributed by atoms with van der Waals surface area (Å²) in [7, 11) is 0. The Morgan fingerprint density at radius 1 is 0.750 bits per heavy atom. The molecule has 0 atom stereocenters. The van der Waals surface area contributed by atoms with E-state index in [1.807, 2.05) is 33.8 Å². The number of anilines is 1. The second-order valence-corrected chi connectivity index (χ2v) is 24.5. The minimum atomic E-state index is -0.654. The number of allylic oxidation sites excluding steroid dienone is 6. The normalized spacial score (nSPS) is 17.2. The van der Waals surface area contributed by atoms with E-state index in [1.54, 1.807) is 0 Å². The molecule has 4 aromatic carbocycles. The molecule has 0 saturated heterocycles. The van der Waals surface area contributed by atoms with Crippen LogP contribution in [0.5, 0.6) is 5.88 Å². The average molecular weight is 1080 g/mol. The van der Waals surface area contributed by atoms with E-state index in [0.717, 1.165) is 9.47 Å². The highest BCUT2D eigenvalue weighted by atomic mass is 16.5.